The normalized spacial score (nSPS) is 16.5. The second-order valence-electron chi connectivity index (χ2n) is 4.68. The van der Waals surface area contributed by atoms with Crippen LogP contribution in [-0.2, 0) is 0 Å². The van der Waals surface area contributed by atoms with E-state index >= 15 is 0 Å². The summed E-state index contributed by atoms with van der Waals surface area (Å²) in [7, 11) is 0. The summed E-state index contributed by atoms with van der Waals surface area (Å²) >= 11 is 0. The van der Waals surface area contributed by atoms with Crippen LogP contribution in [0.3, 0.4) is 0 Å². The zero-order valence-corrected chi connectivity index (χ0v) is 9.64. The van der Waals surface area contributed by atoms with Crippen molar-refractivity contribution in [1.82, 2.24) is 9.78 Å². The van der Waals surface area contributed by atoms with Gasteiger partial charge in [-0.25, -0.2) is 9.07 Å². The van der Waals surface area contributed by atoms with Crippen molar-refractivity contribution >= 4 is 0 Å². The molecule has 0 spiro atoms. The Bertz CT molecular complexity index is 495. The maximum atomic E-state index is 12.8. The highest BCUT2D eigenvalue weighted by molar-refractivity contribution is 5.32. The van der Waals surface area contributed by atoms with E-state index in [0.717, 1.165) is 5.69 Å². The summed E-state index contributed by atoms with van der Waals surface area (Å²) in [5.41, 5.74) is 2.22. The fourth-order valence-corrected chi connectivity index (χ4v) is 2.54. The van der Waals surface area contributed by atoms with E-state index < -0.39 is 0 Å². The molecule has 0 N–H and O–H groups in total. The van der Waals surface area contributed by atoms with Gasteiger partial charge in [-0.05, 0) is 48.6 Å². The predicted molar refractivity (Wildman–Crippen MR) is 64.7 cm³/mol. The number of hydrogen-bond donors (Lipinski definition) is 0. The van der Waals surface area contributed by atoms with Crippen LogP contribution in [0.4, 0.5) is 4.39 Å². The van der Waals surface area contributed by atoms with Crippen LogP contribution in [0.15, 0.2) is 36.7 Å². The minimum Gasteiger partial charge on any atom is -0.241 e. The van der Waals surface area contributed by atoms with Gasteiger partial charge in [-0.15, -0.1) is 0 Å². The van der Waals surface area contributed by atoms with Crippen LogP contribution in [0.25, 0.3) is 5.69 Å². The summed E-state index contributed by atoms with van der Waals surface area (Å²) in [5, 5.41) is 4.35. The Hall–Kier alpha value is -1.64. The second-order valence-corrected chi connectivity index (χ2v) is 4.68. The minimum atomic E-state index is -0.211. The van der Waals surface area contributed by atoms with E-state index in [9.17, 15) is 4.39 Å². The Morgan fingerprint density at radius 1 is 1.12 bits per heavy atom. The van der Waals surface area contributed by atoms with Crippen LogP contribution in [-0.4, -0.2) is 9.78 Å². The molecule has 0 saturated heterocycles. The van der Waals surface area contributed by atoms with Gasteiger partial charge in [0.05, 0.1) is 11.9 Å². The molecule has 1 aromatic carbocycles. The summed E-state index contributed by atoms with van der Waals surface area (Å²) in [5.74, 6) is 0.459. The van der Waals surface area contributed by atoms with E-state index in [2.05, 4.69) is 11.3 Å². The molecule has 3 heteroatoms. The number of rotatable bonds is 2. The first-order valence-electron chi connectivity index (χ1n) is 6.13. The lowest BCUT2D eigenvalue weighted by Crippen LogP contribution is -1.94. The highest BCUT2D eigenvalue weighted by Crippen LogP contribution is 2.33. The fraction of sp³-hybridized carbons (Fsp3) is 0.357. The van der Waals surface area contributed by atoms with Crippen molar-refractivity contribution in [3.8, 4) is 5.69 Å². The van der Waals surface area contributed by atoms with Crippen molar-refractivity contribution in [3.05, 3.63) is 48.0 Å². The average Bonchev–Trinajstić information content (AvgIpc) is 3.00. The number of halogens is 1. The molecule has 2 aromatic rings. The van der Waals surface area contributed by atoms with Gasteiger partial charge in [-0.3, -0.25) is 0 Å². The lowest BCUT2D eigenvalue weighted by Gasteiger charge is -2.04. The summed E-state index contributed by atoms with van der Waals surface area (Å²) in [6.07, 6.45) is 9.21. The van der Waals surface area contributed by atoms with Crippen molar-refractivity contribution in [3.63, 3.8) is 0 Å². The first kappa shape index (κ1) is 10.5. The fourth-order valence-electron chi connectivity index (χ4n) is 2.54. The number of hydrogen-bond acceptors (Lipinski definition) is 1. The monoisotopic (exact) mass is 230 g/mol. The molecule has 1 fully saturated rings. The molecule has 3 rings (SSSR count). The van der Waals surface area contributed by atoms with E-state index in [1.165, 1.54) is 43.4 Å². The third-order valence-electron chi connectivity index (χ3n) is 3.52. The van der Waals surface area contributed by atoms with Crippen LogP contribution < -0.4 is 0 Å². The van der Waals surface area contributed by atoms with Gasteiger partial charge >= 0.3 is 0 Å². The molecule has 88 valence electrons. The lowest BCUT2D eigenvalue weighted by atomic mass is 10.0. The zero-order valence-electron chi connectivity index (χ0n) is 9.64. The first-order chi connectivity index (χ1) is 8.33. The van der Waals surface area contributed by atoms with Crippen LogP contribution in [0, 0.1) is 5.82 Å². The predicted octanol–water partition coefficient (Wildman–Crippen LogP) is 3.67. The van der Waals surface area contributed by atoms with Crippen LogP contribution in [0.1, 0.15) is 37.2 Å². The van der Waals surface area contributed by atoms with Crippen molar-refractivity contribution in [2.75, 3.05) is 0 Å². The summed E-state index contributed by atoms with van der Waals surface area (Å²) < 4.78 is 14.7. The average molecular weight is 230 g/mol. The van der Waals surface area contributed by atoms with E-state index in [1.54, 1.807) is 12.1 Å². The third kappa shape index (κ3) is 2.09. The maximum absolute atomic E-state index is 12.8. The van der Waals surface area contributed by atoms with Crippen LogP contribution >= 0.6 is 0 Å². The largest absolute Gasteiger partial charge is 0.241 e. The van der Waals surface area contributed by atoms with Crippen molar-refractivity contribution < 1.29 is 4.39 Å². The standard InChI is InChI=1S/C14H15FN2/c15-13-5-7-14(8-6-13)17-10-12(9-16-17)11-3-1-2-4-11/h5-11H,1-4H2. The van der Waals surface area contributed by atoms with E-state index in [0.29, 0.717) is 5.92 Å². The molecule has 1 aliphatic rings. The van der Waals surface area contributed by atoms with E-state index in [-0.39, 0.29) is 5.82 Å². The van der Waals surface area contributed by atoms with Gasteiger partial charge in [0.1, 0.15) is 5.82 Å². The summed E-state index contributed by atoms with van der Waals surface area (Å²) in [4.78, 5) is 0. The van der Waals surface area contributed by atoms with Gasteiger partial charge in [0.2, 0.25) is 0 Å². The van der Waals surface area contributed by atoms with Gasteiger partial charge in [0, 0.05) is 6.20 Å². The van der Waals surface area contributed by atoms with Gasteiger partial charge in [-0.1, -0.05) is 12.8 Å². The molecular formula is C14H15FN2. The van der Waals surface area contributed by atoms with Crippen molar-refractivity contribution in [2.45, 2.75) is 31.6 Å². The number of aromatic nitrogens is 2. The van der Waals surface area contributed by atoms with E-state index in [4.69, 9.17) is 0 Å². The molecule has 1 heterocycles. The Morgan fingerprint density at radius 3 is 2.53 bits per heavy atom. The minimum absolute atomic E-state index is 0.211. The van der Waals surface area contributed by atoms with Gasteiger partial charge in [0.25, 0.3) is 0 Å². The van der Waals surface area contributed by atoms with Crippen LogP contribution in [0.5, 0.6) is 0 Å². The third-order valence-corrected chi connectivity index (χ3v) is 3.52. The molecule has 0 bridgehead atoms. The molecule has 0 aliphatic heterocycles. The second kappa shape index (κ2) is 4.32. The van der Waals surface area contributed by atoms with E-state index in [1.807, 2.05) is 10.9 Å². The smallest absolute Gasteiger partial charge is 0.123 e. The van der Waals surface area contributed by atoms with Crippen molar-refractivity contribution in [2.24, 2.45) is 0 Å². The van der Waals surface area contributed by atoms with Gasteiger partial charge in [-0.2, -0.15) is 5.10 Å². The molecule has 1 aliphatic carbocycles. The quantitative estimate of drug-likeness (QED) is 0.769. The number of benzene rings is 1. The summed E-state index contributed by atoms with van der Waals surface area (Å²) in [6.45, 7) is 0. The zero-order chi connectivity index (χ0) is 11.7. The highest BCUT2D eigenvalue weighted by atomic mass is 19.1. The lowest BCUT2D eigenvalue weighted by molar-refractivity contribution is 0.627. The molecule has 0 radical (unpaired) electrons. The maximum Gasteiger partial charge on any atom is 0.123 e. The topological polar surface area (TPSA) is 17.8 Å². The molecule has 0 amide bonds. The Labute approximate surface area is 100 Å². The van der Waals surface area contributed by atoms with Crippen molar-refractivity contribution in [1.29, 1.82) is 0 Å². The Balaban J connectivity index is 1.86. The van der Waals surface area contributed by atoms with Crippen LogP contribution in [0.2, 0.25) is 0 Å². The molecular weight excluding hydrogens is 215 g/mol. The molecule has 1 aromatic heterocycles. The SMILES string of the molecule is Fc1ccc(-n2cc(C3CCCC3)cn2)cc1. The molecule has 2 nitrogen and oxygen atoms in total. The highest BCUT2D eigenvalue weighted by Gasteiger charge is 2.18. The summed E-state index contributed by atoms with van der Waals surface area (Å²) in [6, 6.07) is 6.43. The number of nitrogens with zero attached hydrogens (tertiary/aromatic N) is 2. The first-order valence-corrected chi connectivity index (χ1v) is 6.13. The Kier molecular flexibility index (Phi) is 2.67. The Morgan fingerprint density at radius 2 is 1.82 bits per heavy atom. The van der Waals surface area contributed by atoms with Gasteiger partial charge < -0.3 is 0 Å². The molecule has 1 saturated carbocycles. The van der Waals surface area contributed by atoms with Gasteiger partial charge in [0.15, 0.2) is 0 Å². The molecule has 17 heavy (non-hydrogen) atoms. The molecule has 0 unspecified atom stereocenters. The molecule has 0 atom stereocenters.